The average molecular weight is 484 g/mol. The molecule has 5 rings (SSSR count). The maximum atomic E-state index is 12.5. The molecule has 0 atom stereocenters. The van der Waals surface area contributed by atoms with Crippen molar-refractivity contribution in [3.8, 4) is 5.75 Å². The van der Waals surface area contributed by atoms with Crippen LogP contribution in [0, 0.1) is 0 Å². The topological polar surface area (TPSA) is 113 Å². The van der Waals surface area contributed by atoms with Gasteiger partial charge in [-0.05, 0) is 29.7 Å². The van der Waals surface area contributed by atoms with Crippen molar-refractivity contribution in [1.29, 1.82) is 0 Å². The van der Waals surface area contributed by atoms with Crippen LogP contribution in [0.5, 0.6) is 5.75 Å². The van der Waals surface area contributed by atoms with Crippen LogP contribution in [0.15, 0.2) is 96.1 Å². The van der Waals surface area contributed by atoms with Crippen molar-refractivity contribution in [2.45, 2.75) is 19.5 Å². The molecule has 1 aliphatic rings. The quantitative estimate of drug-likeness (QED) is 0.449. The van der Waals surface area contributed by atoms with Gasteiger partial charge in [0.25, 0.3) is 5.91 Å². The van der Waals surface area contributed by atoms with Crippen molar-refractivity contribution in [3.63, 3.8) is 0 Å². The standard InChI is InChI=1S/C15H13N3O5.C13H12/c19-12-10(15(22)23)8-17-5-6-18(14(21)11(17)13(12)20)7-9-3-1-2-4-16-9;1-3-7-12(8-4-1)11-13-9-5-2-6-10-13/h1-4,8,20H,5-7H2,(H,22,23);1-10H,11H2. The second-order valence-electron chi connectivity index (χ2n) is 8.26. The molecule has 0 fully saturated rings. The second-order valence-corrected chi connectivity index (χ2v) is 8.26. The molecule has 2 aromatic carbocycles. The number of aromatic nitrogens is 2. The fourth-order valence-electron chi connectivity index (χ4n) is 3.95. The number of fused-ring (bicyclic) bond motifs is 1. The lowest BCUT2D eigenvalue weighted by molar-refractivity contribution is 0.0662. The highest BCUT2D eigenvalue weighted by Gasteiger charge is 2.30. The van der Waals surface area contributed by atoms with Crippen LogP contribution in [0.1, 0.15) is 37.7 Å². The van der Waals surface area contributed by atoms with Crippen molar-refractivity contribution in [3.05, 3.63) is 130 Å². The lowest BCUT2D eigenvalue weighted by Gasteiger charge is -2.30. The molecule has 0 unspecified atom stereocenters. The molecule has 1 aliphatic heterocycles. The van der Waals surface area contributed by atoms with Crippen LogP contribution >= 0.6 is 0 Å². The van der Waals surface area contributed by atoms with Gasteiger partial charge in [-0.2, -0.15) is 0 Å². The number of carboxylic acid groups (broad SMARTS) is 1. The molecule has 8 heteroatoms. The summed E-state index contributed by atoms with van der Waals surface area (Å²) in [5, 5.41) is 18.9. The Balaban J connectivity index is 0.000000197. The lowest BCUT2D eigenvalue weighted by Crippen LogP contribution is -2.41. The number of hydrogen-bond donors (Lipinski definition) is 2. The maximum absolute atomic E-state index is 12.5. The second kappa shape index (κ2) is 11.1. The van der Waals surface area contributed by atoms with Gasteiger partial charge in [-0.15, -0.1) is 0 Å². The van der Waals surface area contributed by atoms with E-state index in [9.17, 15) is 19.5 Å². The Labute approximate surface area is 207 Å². The van der Waals surface area contributed by atoms with E-state index >= 15 is 0 Å². The molecule has 3 heterocycles. The fraction of sp³-hybridized carbons (Fsp3) is 0.143. The third-order valence-electron chi connectivity index (χ3n) is 5.76. The van der Waals surface area contributed by atoms with E-state index in [2.05, 4.69) is 65.6 Å². The number of rotatable bonds is 5. The predicted molar refractivity (Wildman–Crippen MR) is 134 cm³/mol. The van der Waals surface area contributed by atoms with Gasteiger partial charge in [0, 0.05) is 25.5 Å². The smallest absolute Gasteiger partial charge is 0.341 e. The molecule has 2 N–H and O–H groups in total. The van der Waals surface area contributed by atoms with Gasteiger partial charge >= 0.3 is 5.97 Å². The molecule has 0 aliphatic carbocycles. The van der Waals surface area contributed by atoms with Crippen LogP contribution in [0.25, 0.3) is 0 Å². The van der Waals surface area contributed by atoms with E-state index in [4.69, 9.17) is 5.11 Å². The van der Waals surface area contributed by atoms with Gasteiger partial charge in [0.15, 0.2) is 11.4 Å². The van der Waals surface area contributed by atoms with Gasteiger partial charge in [-0.1, -0.05) is 66.7 Å². The summed E-state index contributed by atoms with van der Waals surface area (Å²) in [4.78, 5) is 41.0. The first-order valence-corrected chi connectivity index (χ1v) is 11.4. The maximum Gasteiger partial charge on any atom is 0.341 e. The Kier molecular flexibility index (Phi) is 7.55. The summed E-state index contributed by atoms with van der Waals surface area (Å²) < 4.78 is 1.30. The first kappa shape index (κ1) is 24.4. The molecule has 0 saturated carbocycles. The predicted octanol–water partition coefficient (Wildman–Crippen LogP) is 3.58. The Morgan fingerprint density at radius 3 is 2.03 bits per heavy atom. The summed E-state index contributed by atoms with van der Waals surface area (Å²) >= 11 is 0. The van der Waals surface area contributed by atoms with Crippen LogP contribution in [0.2, 0.25) is 0 Å². The van der Waals surface area contributed by atoms with Crippen LogP contribution in [0.3, 0.4) is 0 Å². The monoisotopic (exact) mass is 483 g/mol. The summed E-state index contributed by atoms with van der Waals surface area (Å²) in [6.07, 6.45) is 3.73. The summed E-state index contributed by atoms with van der Waals surface area (Å²) in [7, 11) is 0. The van der Waals surface area contributed by atoms with Crippen molar-refractivity contribution in [1.82, 2.24) is 14.5 Å². The summed E-state index contributed by atoms with van der Waals surface area (Å²) in [5.41, 5.74) is 1.61. The number of carboxylic acids is 1. The van der Waals surface area contributed by atoms with Gasteiger partial charge in [0.2, 0.25) is 5.43 Å². The number of carbonyl (C=O) groups is 2. The molecule has 0 spiro atoms. The highest BCUT2D eigenvalue weighted by Crippen LogP contribution is 2.21. The normalized spacial score (nSPS) is 12.3. The minimum atomic E-state index is -1.44. The van der Waals surface area contributed by atoms with E-state index in [-0.39, 0.29) is 18.8 Å². The van der Waals surface area contributed by atoms with E-state index in [0.29, 0.717) is 12.2 Å². The average Bonchev–Trinajstić information content (AvgIpc) is 2.90. The van der Waals surface area contributed by atoms with Gasteiger partial charge < -0.3 is 19.7 Å². The van der Waals surface area contributed by atoms with Crippen molar-refractivity contribution >= 4 is 11.9 Å². The number of amides is 1. The van der Waals surface area contributed by atoms with E-state index in [1.54, 1.807) is 24.4 Å². The van der Waals surface area contributed by atoms with Crippen molar-refractivity contribution < 1.29 is 19.8 Å². The third-order valence-corrected chi connectivity index (χ3v) is 5.76. The van der Waals surface area contributed by atoms with Crippen LogP contribution < -0.4 is 5.43 Å². The Hall–Kier alpha value is -4.72. The van der Waals surface area contributed by atoms with Gasteiger partial charge in [-0.25, -0.2) is 4.79 Å². The van der Waals surface area contributed by atoms with Crippen LogP contribution in [0.4, 0.5) is 0 Å². The molecule has 0 saturated heterocycles. The van der Waals surface area contributed by atoms with Gasteiger partial charge in [0.1, 0.15) is 5.56 Å². The zero-order valence-corrected chi connectivity index (χ0v) is 19.4. The Morgan fingerprint density at radius 2 is 1.47 bits per heavy atom. The molecule has 182 valence electrons. The largest absolute Gasteiger partial charge is 0.503 e. The molecule has 4 aromatic rings. The van der Waals surface area contributed by atoms with Gasteiger partial charge in [-0.3, -0.25) is 14.6 Å². The lowest BCUT2D eigenvalue weighted by atomic mass is 10.1. The van der Waals surface area contributed by atoms with Gasteiger partial charge in [0.05, 0.1) is 12.2 Å². The molecule has 0 radical (unpaired) electrons. The van der Waals surface area contributed by atoms with E-state index in [1.807, 2.05) is 0 Å². The highest BCUT2D eigenvalue weighted by atomic mass is 16.4. The summed E-state index contributed by atoms with van der Waals surface area (Å²) in [5.74, 6) is -2.81. The third kappa shape index (κ3) is 5.67. The number of pyridine rings is 2. The highest BCUT2D eigenvalue weighted by molar-refractivity contribution is 5.97. The molecule has 1 amide bonds. The van der Waals surface area contributed by atoms with E-state index < -0.39 is 28.6 Å². The van der Waals surface area contributed by atoms with Crippen LogP contribution in [-0.4, -0.2) is 43.1 Å². The summed E-state index contributed by atoms with van der Waals surface area (Å²) in [6.45, 7) is 0.847. The molecule has 2 aromatic heterocycles. The Bertz CT molecular complexity index is 1370. The SMILES string of the molecule is O=C(O)c1cn2c(c(O)c1=O)C(=O)N(Cc1ccccn1)CC2.c1ccc(Cc2ccccc2)cc1. The number of carbonyl (C=O) groups excluding carboxylic acids is 1. The fourth-order valence-corrected chi connectivity index (χ4v) is 3.95. The Morgan fingerprint density at radius 1 is 0.861 bits per heavy atom. The zero-order valence-electron chi connectivity index (χ0n) is 19.4. The van der Waals surface area contributed by atoms with Crippen molar-refractivity contribution in [2.24, 2.45) is 0 Å². The number of aromatic carboxylic acids is 1. The molecular formula is C28H25N3O5. The number of benzene rings is 2. The van der Waals surface area contributed by atoms with Crippen LogP contribution in [-0.2, 0) is 19.5 Å². The number of aromatic hydroxyl groups is 1. The minimum Gasteiger partial charge on any atom is -0.503 e. The molecular weight excluding hydrogens is 458 g/mol. The van der Waals surface area contributed by atoms with E-state index in [0.717, 1.165) is 12.6 Å². The number of nitrogens with zero attached hydrogens (tertiary/aromatic N) is 3. The first-order valence-electron chi connectivity index (χ1n) is 11.4. The first-order chi connectivity index (χ1) is 17.4. The van der Waals surface area contributed by atoms with Crippen molar-refractivity contribution in [2.75, 3.05) is 6.54 Å². The zero-order chi connectivity index (χ0) is 25.5. The van der Waals surface area contributed by atoms with E-state index in [1.165, 1.54) is 20.6 Å². The minimum absolute atomic E-state index is 0.192. The summed E-state index contributed by atoms with van der Waals surface area (Å²) in [6, 6.07) is 26.4. The molecule has 36 heavy (non-hydrogen) atoms. The number of hydrogen-bond acceptors (Lipinski definition) is 5. The molecule has 0 bridgehead atoms. The molecule has 8 nitrogen and oxygen atoms in total.